The highest BCUT2D eigenvalue weighted by atomic mass is 32.2. The topological polar surface area (TPSA) is 89.4 Å². The van der Waals surface area contributed by atoms with Crippen LogP contribution >= 0.6 is 11.8 Å². The Balaban J connectivity index is 1.89. The first-order valence-corrected chi connectivity index (χ1v) is 8.74. The molecule has 2 aromatic carbocycles. The van der Waals surface area contributed by atoms with Gasteiger partial charge in [-0.3, -0.25) is 4.79 Å². The maximum absolute atomic E-state index is 12.3. The molecule has 3 rings (SSSR count). The zero-order valence-corrected chi connectivity index (χ0v) is 15.8. The molecule has 7 nitrogen and oxygen atoms in total. The fourth-order valence-corrected chi connectivity index (χ4v) is 3.30. The molecule has 0 bridgehead atoms. The Morgan fingerprint density at radius 1 is 1.04 bits per heavy atom. The van der Waals surface area contributed by atoms with Crippen molar-refractivity contribution < 1.29 is 24.1 Å². The molecule has 1 aliphatic rings. The number of hydrogen-bond acceptors (Lipinski definition) is 7. The highest BCUT2D eigenvalue weighted by molar-refractivity contribution is 8.18. The van der Waals surface area contributed by atoms with Crippen molar-refractivity contribution in [1.82, 2.24) is 5.32 Å². The molecule has 2 aromatic rings. The summed E-state index contributed by atoms with van der Waals surface area (Å²) in [6.07, 6.45) is 1.73. The SMILES string of the molecule is COc1cc(/C=C2/SC(=Nc3ccc(O)cc3)NC2=O)cc(OC)c1OC. The van der Waals surface area contributed by atoms with E-state index >= 15 is 0 Å². The van der Waals surface area contributed by atoms with Crippen LogP contribution in [-0.4, -0.2) is 37.5 Å². The quantitative estimate of drug-likeness (QED) is 0.767. The van der Waals surface area contributed by atoms with Gasteiger partial charge in [0, 0.05) is 0 Å². The number of nitrogens with one attached hydrogen (secondary N) is 1. The maximum Gasteiger partial charge on any atom is 0.264 e. The lowest BCUT2D eigenvalue weighted by molar-refractivity contribution is -0.115. The fraction of sp³-hybridized carbons (Fsp3) is 0.158. The molecule has 0 aliphatic carbocycles. The van der Waals surface area contributed by atoms with Gasteiger partial charge in [-0.25, -0.2) is 4.99 Å². The zero-order valence-electron chi connectivity index (χ0n) is 15.0. The van der Waals surface area contributed by atoms with E-state index in [4.69, 9.17) is 14.2 Å². The smallest absolute Gasteiger partial charge is 0.264 e. The molecule has 2 N–H and O–H groups in total. The van der Waals surface area contributed by atoms with Crippen molar-refractivity contribution >= 4 is 34.6 Å². The van der Waals surface area contributed by atoms with Gasteiger partial charge in [-0.15, -0.1) is 0 Å². The Hall–Kier alpha value is -3.13. The van der Waals surface area contributed by atoms with Gasteiger partial charge >= 0.3 is 0 Å². The molecule has 0 aromatic heterocycles. The standard InChI is InChI=1S/C19H18N2O5S/c1-24-14-8-11(9-15(25-2)17(14)26-3)10-16-18(23)21-19(27-16)20-12-4-6-13(22)7-5-12/h4-10,22H,1-3H3,(H,20,21,23)/b16-10+. The molecule has 0 radical (unpaired) electrons. The minimum absolute atomic E-state index is 0.157. The molecule has 1 amide bonds. The van der Waals surface area contributed by atoms with Crippen LogP contribution in [0.25, 0.3) is 6.08 Å². The van der Waals surface area contributed by atoms with Crippen LogP contribution in [0, 0.1) is 0 Å². The van der Waals surface area contributed by atoms with Crippen LogP contribution in [0.2, 0.25) is 0 Å². The van der Waals surface area contributed by atoms with E-state index in [0.29, 0.717) is 33.0 Å². The van der Waals surface area contributed by atoms with Crippen LogP contribution in [0.15, 0.2) is 46.3 Å². The first-order valence-electron chi connectivity index (χ1n) is 7.92. The number of ether oxygens (including phenoxy) is 3. The fourth-order valence-electron chi connectivity index (χ4n) is 2.46. The van der Waals surface area contributed by atoms with Crippen LogP contribution in [-0.2, 0) is 4.79 Å². The lowest BCUT2D eigenvalue weighted by Gasteiger charge is -2.12. The second-order valence-corrected chi connectivity index (χ2v) is 6.49. The number of carbonyl (C=O) groups excluding carboxylic acids is 1. The van der Waals surface area contributed by atoms with Gasteiger partial charge in [0.25, 0.3) is 5.91 Å². The molecule has 1 saturated heterocycles. The van der Waals surface area contributed by atoms with Crippen LogP contribution in [0.3, 0.4) is 0 Å². The summed E-state index contributed by atoms with van der Waals surface area (Å²) in [4.78, 5) is 17.1. The maximum atomic E-state index is 12.3. The lowest BCUT2D eigenvalue weighted by Crippen LogP contribution is -2.19. The van der Waals surface area contributed by atoms with E-state index in [1.807, 2.05) is 0 Å². The second-order valence-electron chi connectivity index (χ2n) is 5.46. The molecule has 0 spiro atoms. The summed E-state index contributed by atoms with van der Waals surface area (Å²) in [5.41, 5.74) is 1.36. The molecule has 0 atom stereocenters. The Bertz CT molecular complexity index is 897. The van der Waals surface area contributed by atoms with E-state index in [9.17, 15) is 9.90 Å². The number of methoxy groups -OCH3 is 3. The lowest BCUT2D eigenvalue weighted by atomic mass is 10.1. The first-order chi connectivity index (χ1) is 13.0. The predicted molar refractivity (Wildman–Crippen MR) is 105 cm³/mol. The number of amides is 1. The van der Waals surface area contributed by atoms with Crippen molar-refractivity contribution in [2.45, 2.75) is 0 Å². The van der Waals surface area contributed by atoms with Crippen molar-refractivity contribution in [2.24, 2.45) is 4.99 Å². The molecule has 1 aliphatic heterocycles. The number of phenols is 1. The number of hydrogen-bond donors (Lipinski definition) is 2. The van der Waals surface area contributed by atoms with Crippen molar-refractivity contribution in [3.63, 3.8) is 0 Å². The number of aromatic hydroxyl groups is 1. The summed E-state index contributed by atoms with van der Waals surface area (Å²) < 4.78 is 16.0. The number of carbonyl (C=O) groups is 1. The summed E-state index contributed by atoms with van der Waals surface area (Å²) in [5.74, 6) is 1.41. The molecule has 0 saturated carbocycles. The minimum Gasteiger partial charge on any atom is -0.508 e. The van der Waals surface area contributed by atoms with Gasteiger partial charge in [-0.2, -0.15) is 0 Å². The van der Waals surface area contributed by atoms with E-state index < -0.39 is 0 Å². The summed E-state index contributed by atoms with van der Waals surface area (Å²) in [6, 6.07) is 9.92. The van der Waals surface area contributed by atoms with E-state index in [0.717, 1.165) is 5.56 Å². The number of phenolic OH excluding ortho intramolecular Hbond substituents is 1. The number of nitrogens with zero attached hydrogens (tertiary/aromatic N) is 1. The average molecular weight is 386 g/mol. The summed E-state index contributed by atoms with van der Waals surface area (Å²) in [7, 11) is 4.60. The normalized spacial score (nSPS) is 16.5. The first kappa shape index (κ1) is 18.7. The van der Waals surface area contributed by atoms with Gasteiger partial charge in [-0.1, -0.05) is 0 Å². The van der Waals surface area contributed by atoms with Gasteiger partial charge in [0.2, 0.25) is 5.75 Å². The summed E-state index contributed by atoms with van der Waals surface area (Å²) >= 11 is 1.22. The van der Waals surface area contributed by atoms with E-state index in [1.54, 1.807) is 30.3 Å². The highest BCUT2D eigenvalue weighted by Crippen LogP contribution is 2.39. The van der Waals surface area contributed by atoms with Crippen molar-refractivity contribution in [1.29, 1.82) is 0 Å². The van der Waals surface area contributed by atoms with Crippen LogP contribution < -0.4 is 19.5 Å². The van der Waals surface area contributed by atoms with E-state index in [1.165, 1.54) is 45.2 Å². The third-order valence-corrected chi connectivity index (χ3v) is 4.63. The van der Waals surface area contributed by atoms with Gasteiger partial charge in [0.1, 0.15) is 5.75 Å². The third kappa shape index (κ3) is 4.17. The third-order valence-electron chi connectivity index (χ3n) is 3.72. The van der Waals surface area contributed by atoms with Gasteiger partial charge in [0.05, 0.1) is 31.9 Å². The molecule has 1 heterocycles. The largest absolute Gasteiger partial charge is 0.508 e. The van der Waals surface area contributed by atoms with Gasteiger partial charge < -0.3 is 24.6 Å². The molecule has 8 heteroatoms. The number of benzene rings is 2. The van der Waals surface area contributed by atoms with Crippen molar-refractivity contribution in [3.05, 3.63) is 46.9 Å². The average Bonchev–Trinajstić information content (AvgIpc) is 3.01. The Morgan fingerprint density at radius 3 is 2.22 bits per heavy atom. The molecule has 0 unspecified atom stereocenters. The predicted octanol–water partition coefficient (Wildman–Crippen LogP) is 3.31. The molecular formula is C19H18N2O5S. The van der Waals surface area contributed by atoms with Crippen molar-refractivity contribution in [2.75, 3.05) is 21.3 Å². The summed E-state index contributed by atoms with van der Waals surface area (Å²) in [6.45, 7) is 0. The Morgan fingerprint density at radius 2 is 1.67 bits per heavy atom. The van der Waals surface area contributed by atoms with Crippen LogP contribution in [0.1, 0.15) is 5.56 Å². The number of aliphatic imine (C=N–C) groups is 1. The minimum atomic E-state index is -0.244. The van der Waals surface area contributed by atoms with Crippen molar-refractivity contribution in [3.8, 4) is 23.0 Å². The molecular weight excluding hydrogens is 368 g/mol. The van der Waals surface area contributed by atoms with E-state index in [-0.39, 0.29) is 11.7 Å². The Kier molecular flexibility index (Phi) is 5.56. The second kappa shape index (κ2) is 8.05. The Labute approximate surface area is 160 Å². The number of amidine groups is 1. The van der Waals surface area contributed by atoms with Crippen LogP contribution in [0.5, 0.6) is 23.0 Å². The van der Waals surface area contributed by atoms with Gasteiger partial charge in [-0.05, 0) is 59.8 Å². The summed E-state index contributed by atoms with van der Waals surface area (Å²) in [5, 5.41) is 12.5. The van der Waals surface area contributed by atoms with E-state index in [2.05, 4.69) is 10.3 Å². The number of rotatable bonds is 5. The molecule has 27 heavy (non-hydrogen) atoms. The number of thioether (sulfide) groups is 1. The van der Waals surface area contributed by atoms with Gasteiger partial charge in [0.15, 0.2) is 16.7 Å². The highest BCUT2D eigenvalue weighted by Gasteiger charge is 2.24. The monoisotopic (exact) mass is 386 g/mol. The molecule has 140 valence electrons. The molecule has 1 fully saturated rings. The van der Waals surface area contributed by atoms with Crippen LogP contribution in [0.4, 0.5) is 5.69 Å². The zero-order chi connectivity index (χ0) is 19.4.